The van der Waals surface area contributed by atoms with E-state index in [4.69, 9.17) is 9.42 Å². The molecule has 1 atom stereocenters. The largest absolute Gasteiger partial charge is 0.544 e. The highest BCUT2D eigenvalue weighted by molar-refractivity contribution is 7.47. The van der Waals surface area contributed by atoms with Crippen molar-refractivity contribution in [3.05, 3.63) is 24.3 Å². The quantitative estimate of drug-likeness (QED) is 0.524. The van der Waals surface area contributed by atoms with Crippen molar-refractivity contribution < 1.29 is 18.6 Å². The molecule has 90 valence electrons. The molecular formula is C9H15N2O4P. The standard InChI is InChI=1S/C9H15N2O4P/c1-2-7-11-8-5-3-4-6-9(8)14-16(12,13)15-10/h3-6,11H,2,7,10H2,1H3,(H,12,13). The lowest BCUT2D eigenvalue weighted by Gasteiger charge is -2.14. The molecule has 0 saturated heterocycles. The molecule has 0 aliphatic rings. The predicted octanol–water partition coefficient (Wildman–Crippen LogP) is 1.88. The van der Waals surface area contributed by atoms with Crippen LogP contribution < -0.4 is 15.7 Å². The molecule has 0 fully saturated rings. The topological polar surface area (TPSA) is 93.8 Å². The maximum absolute atomic E-state index is 11.1. The molecule has 0 bridgehead atoms. The number of para-hydroxylation sites is 2. The van der Waals surface area contributed by atoms with Gasteiger partial charge in [0.2, 0.25) is 0 Å². The second kappa shape index (κ2) is 5.86. The molecule has 1 aromatic carbocycles. The maximum atomic E-state index is 11.1. The Bertz CT molecular complexity index is 386. The number of hydrogen-bond donors (Lipinski definition) is 3. The highest BCUT2D eigenvalue weighted by Crippen LogP contribution is 2.44. The van der Waals surface area contributed by atoms with E-state index in [1.54, 1.807) is 24.3 Å². The molecule has 6 nitrogen and oxygen atoms in total. The molecule has 0 amide bonds. The van der Waals surface area contributed by atoms with Gasteiger partial charge >= 0.3 is 7.82 Å². The Kier molecular flexibility index (Phi) is 4.76. The Balaban J connectivity index is 2.82. The molecule has 0 radical (unpaired) electrons. The fourth-order valence-electron chi connectivity index (χ4n) is 1.10. The number of phosphoric ester groups is 1. The van der Waals surface area contributed by atoms with Gasteiger partial charge in [0.15, 0.2) is 5.75 Å². The van der Waals surface area contributed by atoms with E-state index in [-0.39, 0.29) is 5.75 Å². The van der Waals surface area contributed by atoms with Gasteiger partial charge in [0, 0.05) is 6.54 Å². The van der Waals surface area contributed by atoms with Crippen LogP contribution in [-0.4, -0.2) is 11.4 Å². The molecule has 1 rings (SSSR count). The van der Waals surface area contributed by atoms with Crippen molar-refractivity contribution in [2.24, 2.45) is 5.90 Å². The summed E-state index contributed by atoms with van der Waals surface area (Å²) in [6.07, 6.45) is 0.929. The van der Waals surface area contributed by atoms with Crippen LogP contribution >= 0.6 is 7.82 Å². The first-order valence-electron chi connectivity index (χ1n) is 4.83. The van der Waals surface area contributed by atoms with E-state index < -0.39 is 7.82 Å². The van der Waals surface area contributed by atoms with Crippen LogP contribution in [-0.2, 0) is 9.19 Å². The summed E-state index contributed by atoms with van der Waals surface area (Å²) in [4.78, 5) is 9.08. The van der Waals surface area contributed by atoms with E-state index >= 15 is 0 Å². The summed E-state index contributed by atoms with van der Waals surface area (Å²) in [5, 5.41) is 3.06. The number of rotatable bonds is 6. The summed E-state index contributed by atoms with van der Waals surface area (Å²) in [5.41, 5.74) is 0.621. The zero-order chi connectivity index (χ0) is 12.0. The van der Waals surface area contributed by atoms with Gasteiger partial charge in [-0.15, -0.1) is 0 Å². The molecule has 0 aromatic heterocycles. The van der Waals surface area contributed by atoms with Gasteiger partial charge in [-0.2, -0.15) is 4.62 Å². The zero-order valence-electron chi connectivity index (χ0n) is 8.92. The first kappa shape index (κ1) is 13.0. The highest BCUT2D eigenvalue weighted by Gasteiger charge is 2.22. The normalized spacial score (nSPS) is 14.2. The molecule has 0 aliphatic carbocycles. The van der Waals surface area contributed by atoms with Crippen LogP contribution in [0.1, 0.15) is 13.3 Å². The Labute approximate surface area is 93.9 Å². The monoisotopic (exact) mass is 246 g/mol. The van der Waals surface area contributed by atoms with Crippen molar-refractivity contribution in [2.75, 3.05) is 11.9 Å². The molecule has 1 aromatic rings. The molecule has 0 saturated carbocycles. The third-order valence-corrected chi connectivity index (χ3v) is 2.49. The minimum atomic E-state index is -4.22. The van der Waals surface area contributed by atoms with Crippen LogP contribution in [0.2, 0.25) is 0 Å². The first-order chi connectivity index (χ1) is 7.59. The maximum Gasteiger partial charge on any atom is 0.544 e. The third-order valence-electron chi connectivity index (χ3n) is 1.80. The third kappa shape index (κ3) is 3.83. The van der Waals surface area contributed by atoms with Gasteiger partial charge in [-0.25, -0.2) is 10.5 Å². The summed E-state index contributed by atoms with van der Waals surface area (Å²) in [7, 11) is -4.22. The van der Waals surface area contributed by atoms with Crippen LogP contribution in [0.4, 0.5) is 5.69 Å². The number of phosphoric acid groups is 1. The lowest BCUT2D eigenvalue weighted by molar-refractivity contribution is 0.208. The summed E-state index contributed by atoms with van der Waals surface area (Å²) in [6.45, 7) is 2.75. The lowest BCUT2D eigenvalue weighted by atomic mass is 10.3. The van der Waals surface area contributed by atoms with Crippen molar-refractivity contribution >= 4 is 13.5 Å². The van der Waals surface area contributed by atoms with Gasteiger partial charge < -0.3 is 9.84 Å². The van der Waals surface area contributed by atoms with Crippen molar-refractivity contribution in [2.45, 2.75) is 13.3 Å². The SMILES string of the molecule is CCCNc1ccccc1OP(=O)(O)ON. The van der Waals surface area contributed by atoms with Crippen molar-refractivity contribution in [1.82, 2.24) is 0 Å². The zero-order valence-corrected chi connectivity index (χ0v) is 9.81. The minimum Gasteiger partial charge on any atom is -0.401 e. The van der Waals surface area contributed by atoms with Gasteiger partial charge in [-0.3, -0.25) is 4.89 Å². The molecule has 7 heteroatoms. The average molecular weight is 246 g/mol. The fourth-order valence-corrected chi connectivity index (χ4v) is 1.55. The second-order valence-electron chi connectivity index (χ2n) is 3.09. The van der Waals surface area contributed by atoms with E-state index in [1.165, 1.54) is 0 Å². The number of hydrogen-bond acceptors (Lipinski definition) is 5. The summed E-state index contributed by atoms with van der Waals surface area (Å²) < 4.78 is 19.8. The molecule has 1 unspecified atom stereocenters. The van der Waals surface area contributed by atoms with Crippen molar-refractivity contribution in [3.63, 3.8) is 0 Å². The highest BCUT2D eigenvalue weighted by atomic mass is 31.2. The van der Waals surface area contributed by atoms with Gasteiger partial charge in [0.1, 0.15) is 0 Å². The van der Waals surface area contributed by atoms with E-state index in [9.17, 15) is 4.57 Å². The van der Waals surface area contributed by atoms with Gasteiger partial charge in [0.25, 0.3) is 0 Å². The molecule has 0 heterocycles. The van der Waals surface area contributed by atoms with Gasteiger partial charge in [-0.1, -0.05) is 19.1 Å². The Morgan fingerprint density at radius 2 is 2.19 bits per heavy atom. The average Bonchev–Trinajstić information content (AvgIpc) is 2.27. The summed E-state index contributed by atoms with van der Waals surface area (Å²) >= 11 is 0. The van der Waals surface area contributed by atoms with Gasteiger partial charge in [0.05, 0.1) is 5.69 Å². The van der Waals surface area contributed by atoms with Crippen LogP contribution in [0.15, 0.2) is 24.3 Å². The van der Waals surface area contributed by atoms with Crippen LogP contribution in [0, 0.1) is 0 Å². The van der Waals surface area contributed by atoms with Crippen LogP contribution in [0.3, 0.4) is 0 Å². The Morgan fingerprint density at radius 3 is 2.81 bits per heavy atom. The predicted molar refractivity (Wildman–Crippen MR) is 60.9 cm³/mol. The number of nitrogens with two attached hydrogens (primary N) is 1. The first-order valence-corrected chi connectivity index (χ1v) is 6.32. The number of anilines is 1. The van der Waals surface area contributed by atoms with E-state index in [0.29, 0.717) is 5.69 Å². The van der Waals surface area contributed by atoms with Crippen LogP contribution in [0.25, 0.3) is 0 Å². The lowest BCUT2D eigenvalue weighted by Crippen LogP contribution is -2.05. The molecular weight excluding hydrogens is 231 g/mol. The number of nitrogens with one attached hydrogen (secondary N) is 1. The van der Waals surface area contributed by atoms with Crippen LogP contribution in [0.5, 0.6) is 5.75 Å². The summed E-state index contributed by atoms with van der Waals surface area (Å²) in [6, 6.07) is 6.76. The van der Waals surface area contributed by atoms with Crippen molar-refractivity contribution in [1.29, 1.82) is 0 Å². The minimum absolute atomic E-state index is 0.229. The fraction of sp³-hybridized carbons (Fsp3) is 0.333. The Morgan fingerprint density at radius 1 is 1.50 bits per heavy atom. The number of benzene rings is 1. The molecule has 4 N–H and O–H groups in total. The summed E-state index contributed by atoms with van der Waals surface area (Å²) in [5.74, 6) is 4.87. The van der Waals surface area contributed by atoms with Crippen molar-refractivity contribution in [3.8, 4) is 5.75 Å². The molecule has 0 spiro atoms. The van der Waals surface area contributed by atoms with Gasteiger partial charge in [-0.05, 0) is 18.6 Å². The van der Waals surface area contributed by atoms with E-state index in [0.717, 1.165) is 13.0 Å². The Hall–Kier alpha value is -1.07. The van der Waals surface area contributed by atoms with E-state index in [1.807, 2.05) is 6.92 Å². The molecule has 0 aliphatic heterocycles. The smallest absolute Gasteiger partial charge is 0.401 e. The second-order valence-corrected chi connectivity index (χ2v) is 4.42. The van der Waals surface area contributed by atoms with E-state index in [2.05, 4.69) is 15.8 Å². The molecule has 16 heavy (non-hydrogen) atoms.